The summed E-state index contributed by atoms with van der Waals surface area (Å²) in [5.74, 6) is -2.16. The number of benzene rings is 3. The van der Waals surface area contributed by atoms with Gasteiger partial charge in [-0.25, -0.2) is 9.18 Å². The van der Waals surface area contributed by atoms with Gasteiger partial charge in [0.2, 0.25) is 6.10 Å². The highest BCUT2D eigenvalue weighted by atomic mass is 32.2. The van der Waals surface area contributed by atoms with E-state index in [1.807, 2.05) is 0 Å². The number of rotatable bonds is 7. The lowest BCUT2D eigenvalue weighted by Crippen LogP contribution is -2.26. The van der Waals surface area contributed by atoms with Crippen molar-refractivity contribution in [3.63, 3.8) is 0 Å². The van der Waals surface area contributed by atoms with Gasteiger partial charge in [0, 0.05) is 22.2 Å². The Hall–Kier alpha value is -3.72. The molecule has 0 saturated carbocycles. The quantitative estimate of drug-likeness (QED) is 0.240. The molecule has 9 heteroatoms. The number of thioether (sulfide) groups is 1. The first-order chi connectivity index (χ1) is 14.9. The zero-order valence-electron chi connectivity index (χ0n) is 16.3. The van der Waals surface area contributed by atoms with Crippen molar-refractivity contribution in [3.8, 4) is 0 Å². The van der Waals surface area contributed by atoms with Crippen molar-refractivity contribution in [2.24, 2.45) is 0 Å². The van der Waals surface area contributed by atoms with Crippen molar-refractivity contribution in [2.75, 3.05) is 11.6 Å². The average molecular weight is 440 g/mol. The van der Waals surface area contributed by atoms with Gasteiger partial charge in [0.25, 0.3) is 11.6 Å². The second kappa shape index (κ2) is 9.86. The molecule has 1 unspecified atom stereocenters. The number of nitro benzene ring substituents is 1. The number of nitrogens with zero attached hydrogens (tertiary/aromatic N) is 1. The SMILES string of the molecule is CSc1ccc([N+](=O)[O-])c(C(=O)OC(C(=O)Nc2ccc(F)cc2)c2ccccc2)c1. The lowest BCUT2D eigenvalue weighted by atomic mass is 10.1. The molecule has 3 rings (SSSR count). The average Bonchev–Trinajstić information content (AvgIpc) is 2.78. The molecule has 0 radical (unpaired) electrons. The number of esters is 1. The number of carbonyl (C=O) groups excluding carboxylic acids is 2. The van der Waals surface area contributed by atoms with E-state index in [0.29, 0.717) is 16.1 Å². The third-order valence-electron chi connectivity index (χ3n) is 4.30. The highest BCUT2D eigenvalue weighted by Crippen LogP contribution is 2.28. The first kappa shape index (κ1) is 22.0. The van der Waals surface area contributed by atoms with Crippen LogP contribution in [0.4, 0.5) is 15.8 Å². The molecule has 0 saturated heterocycles. The van der Waals surface area contributed by atoms with Crippen LogP contribution in [0.15, 0.2) is 77.7 Å². The molecule has 7 nitrogen and oxygen atoms in total. The molecule has 0 aliphatic heterocycles. The van der Waals surface area contributed by atoms with E-state index in [4.69, 9.17) is 4.74 Å². The lowest BCUT2D eigenvalue weighted by Gasteiger charge is -2.18. The van der Waals surface area contributed by atoms with Gasteiger partial charge in [-0.2, -0.15) is 0 Å². The molecular weight excluding hydrogens is 423 g/mol. The monoisotopic (exact) mass is 440 g/mol. The van der Waals surface area contributed by atoms with E-state index in [1.165, 1.54) is 54.2 Å². The van der Waals surface area contributed by atoms with Crippen LogP contribution >= 0.6 is 11.8 Å². The number of hydrogen-bond acceptors (Lipinski definition) is 6. The minimum absolute atomic E-state index is 0.257. The summed E-state index contributed by atoms with van der Waals surface area (Å²) < 4.78 is 18.6. The van der Waals surface area contributed by atoms with Gasteiger partial charge in [0.05, 0.1) is 4.92 Å². The molecule has 1 amide bonds. The van der Waals surface area contributed by atoms with Crippen molar-refractivity contribution in [1.82, 2.24) is 0 Å². The topological polar surface area (TPSA) is 98.5 Å². The van der Waals surface area contributed by atoms with E-state index in [0.717, 1.165) is 0 Å². The maximum Gasteiger partial charge on any atom is 0.346 e. The molecule has 0 aromatic heterocycles. The number of nitrogens with one attached hydrogen (secondary N) is 1. The number of halogens is 1. The minimum Gasteiger partial charge on any atom is -0.443 e. The van der Waals surface area contributed by atoms with Gasteiger partial charge in [-0.15, -0.1) is 11.8 Å². The molecule has 3 aromatic rings. The Morgan fingerprint density at radius 1 is 1.06 bits per heavy atom. The zero-order chi connectivity index (χ0) is 22.4. The van der Waals surface area contributed by atoms with Gasteiger partial charge < -0.3 is 10.1 Å². The number of carbonyl (C=O) groups is 2. The molecule has 0 aliphatic rings. The van der Waals surface area contributed by atoms with Gasteiger partial charge >= 0.3 is 5.97 Å². The fraction of sp³-hybridized carbons (Fsp3) is 0.0909. The highest BCUT2D eigenvalue weighted by Gasteiger charge is 2.29. The van der Waals surface area contributed by atoms with E-state index in [2.05, 4.69) is 5.32 Å². The fourth-order valence-electron chi connectivity index (χ4n) is 2.78. The summed E-state index contributed by atoms with van der Waals surface area (Å²) >= 11 is 1.30. The smallest absolute Gasteiger partial charge is 0.346 e. The van der Waals surface area contributed by atoms with E-state index in [1.54, 1.807) is 36.6 Å². The summed E-state index contributed by atoms with van der Waals surface area (Å²) in [5.41, 5.74) is -0.00112. The van der Waals surface area contributed by atoms with E-state index in [9.17, 15) is 24.1 Å². The Morgan fingerprint density at radius 3 is 2.35 bits per heavy atom. The summed E-state index contributed by atoms with van der Waals surface area (Å²) in [5, 5.41) is 13.9. The van der Waals surface area contributed by atoms with E-state index < -0.39 is 34.4 Å². The van der Waals surface area contributed by atoms with Crippen LogP contribution in [0.3, 0.4) is 0 Å². The van der Waals surface area contributed by atoms with Gasteiger partial charge in [-0.05, 0) is 42.7 Å². The Kier molecular flexibility index (Phi) is 6.99. The molecule has 3 aromatic carbocycles. The number of nitro groups is 1. The Bertz CT molecular complexity index is 1110. The van der Waals surface area contributed by atoms with Gasteiger partial charge in [-0.1, -0.05) is 30.3 Å². The van der Waals surface area contributed by atoms with Crippen LogP contribution in [-0.4, -0.2) is 23.1 Å². The molecule has 0 aliphatic carbocycles. The zero-order valence-corrected chi connectivity index (χ0v) is 17.1. The third kappa shape index (κ3) is 5.46. The first-order valence-corrected chi connectivity index (χ1v) is 10.3. The lowest BCUT2D eigenvalue weighted by molar-refractivity contribution is -0.385. The maximum absolute atomic E-state index is 13.1. The number of hydrogen-bond donors (Lipinski definition) is 1. The van der Waals surface area contributed by atoms with Crippen molar-refractivity contribution in [1.29, 1.82) is 0 Å². The third-order valence-corrected chi connectivity index (χ3v) is 5.02. The Morgan fingerprint density at radius 2 is 1.74 bits per heavy atom. The Balaban J connectivity index is 1.92. The highest BCUT2D eigenvalue weighted by molar-refractivity contribution is 7.98. The summed E-state index contributed by atoms with van der Waals surface area (Å²) in [7, 11) is 0. The largest absolute Gasteiger partial charge is 0.443 e. The number of ether oxygens (including phenoxy) is 1. The van der Waals surface area contributed by atoms with Crippen molar-refractivity contribution >= 4 is 35.0 Å². The van der Waals surface area contributed by atoms with Gasteiger partial charge in [0.15, 0.2) is 0 Å². The van der Waals surface area contributed by atoms with Crippen LogP contribution in [0.5, 0.6) is 0 Å². The molecule has 0 heterocycles. The van der Waals surface area contributed by atoms with Crippen LogP contribution in [0, 0.1) is 15.9 Å². The standard InChI is InChI=1S/C22H17FN2O5S/c1-31-17-11-12-19(25(28)29)18(13-17)22(27)30-20(14-5-3-2-4-6-14)21(26)24-16-9-7-15(23)8-10-16/h2-13,20H,1H3,(H,24,26). The summed E-state index contributed by atoms with van der Waals surface area (Å²) in [6, 6.07) is 17.4. The van der Waals surface area contributed by atoms with Crippen LogP contribution in [0.1, 0.15) is 22.0 Å². The molecule has 31 heavy (non-hydrogen) atoms. The van der Waals surface area contributed by atoms with Crippen molar-refractivity contribution < 1.29 is 23.6 Å². The Labute approximate surface area is 181 Å². The molecular formula is C22H17FN2O5S. The maximum atomic E-state index is 13.1. The molecule has 158 valence electrons. The van der Waals surface area contributed by atoms with Crippen LogP contribution in [-0.2, 0) is 9.53 Å². The molecule has 1 N–H and O–H groups in total. The molecule has 0 spiro atoms. The van der Waals surface area contributed by atoms with E-state index >= 15 is 0 Å². The predicted octanol–water partition coefficient (Wildman–Crippen LogP) is 4.99. The van der Waals surface area contributed by atoms with Gasteiger partial charge in [-0.3, -0.25) is 14.9 Å². The number of anilines is 1. The van der Waals surface area contributed by atoms with Gasteiger partial charge in [0.1, 0.15) is 11.4 Å². The summed E-state index contributed by atoms with van der Waals surface area (Å²) in [6.07, 6.45) is 0.385. The van der Waals surface area contributed by atoms with Crippen LogP contribution < -0.4 is 5.32 Å². The van der Waals surface area contributed by atoms with E-state index in [-0.39, 0.29) is 5.56 Å². The number of amides is 1. The summed E-state index contributed by atoms with van der Waals surface area (Å²) in [6.45, 7) is 0. The molecule has 1 atom stereocenters. The normalized spacial score (nSPS) is 11.4. The summed E-state index contributed by atoms with van der Waals surface area (Å²) in [4.78, 5) is 37.1. The van der Waals surface area contributed by atoms with Crippen molar-refractivity contribution in [2.45, 2.75) is 11.0 Å². The molecule has 0 fully saturated rings. The fourth-order valence-corrected chi connectivity index (χ4v) is 3.22. The minimum atomic E-state index is -1.38. The van der Waals surface area contributed by atoms with Crippen LogP contribution in [0.25, 0.3) is 0 Å². The molecule has 0 bridgehead atoms. The second-order valence-electron chi connectivity index (χ2n) is 6.33. The van der Waals surface area contributed by atoms with Crippen LogP contribution in [0.2, 0.25) is 0 Å². The van der Waals surface area contributed by atoms with Crippen molar-refractivity contribution in [3.05, 3.63) is 99.9 Å². The second-order valence-corrected chi connectivity index (χ2v) is 7.21. The first-order valence-electron chi connectivity index (χ1n) is 9.04. The predicted molar refractivity (Wildman–Crippen MR) is 115 cm³/mol.